The Morgan fingerprint density at radius 1 is 1.06 bits per heavy atom. The molecular formula is C13H14N2O. The Labute approximate surface area is 94.5 Å². The monoisotopic (exact) mass is 214 g/mol. The van der Waals surface area contributed by atoms with E-state index in [1.807, 2.05) is 49.4 Å². The quantitative estimate of drug-likeness (QED) is 0.592. The van der Waals surface area contributed by atoms with Gasteiger partial charge in [0.15, 0.2) is 0 Å². The normalized spacial score (nSPS) is 10.4. The zero-order valence-electron chi connectivity index (χ0n) is 9.10. The van der Waals surface area contributed by atoms with Gasteiger partial charge in [0.25, 0.3) is 0 Å². The first kappa shape index (κ1) is 10.7. The molecule has 2 rings (SSSR count). The van der Waals surface area contributed by atoms with Crippen LogP contribution < -0.4 is 11.2 Å². The van der Waals surface area contributed by atoms with E-state index in [0.29, 0.717) is 5.69 Å². The van der Waals surface area contributed by atoms with E-state index < -0.39 is 0 Å². The third-order valence-electron chi connectivity index (χ3n) is 2.61. The lowest BCUT2D eigenvalue weighted by atomic mass is 10.00. The Hall–Kier alpha value is -1.84. The van der Waals surface area contributed by atoms with E-state index in [-0.39, 0.29) is 0 Å². The second kappa shape index (κ2) is 4.35. The maximum atomic E-state index is 10.6. The second-order valence-electron chi connectivity index (χ2n) is 3.81. The number of rotatable bonds is 2. The smallest absolute Gasteiger partial charge is 0.129 e. The van der Waals surface area contributed by atoms with E-state index in [1.165, 1.54) is 0 Å². The van der Waals surface area contributed by atoms with Crippen LogP contribution in [0.4, 0.5) is 11.4 Å². The molecule has 0 fully saturated rings. The maximum Gasteiger partial charge on any atom is 0.129 e. The number of aryl methyl sites for hydroxylation is 1. The van der Waals surface area contributed by atoms with E-state index in [0.717, 1.165) is 27.9 Å². The molecule has 16 heavy (non-hydrogen) atoms. The van der Waals surface area contributed by atoms with E-state index in [4.69, 9.17) is 5.73 Å². The van der Waals surface area contributed by atoms with Crippen LogP contribution in [0.1, 0.15) is 5.56 Å². The van der Waals surface area contributed by atoms with Crippen LogP contribution in [0.25, 0.3) is 11.1 Å². The van der Waals surface area contributed by atoms with E-state index >= 15 is 0 Å². The minimum Gasteiger partial charge on any atom is -0.630 e. The van der Waals surface area contributed by atoms with Crippen LogP contribution in [0.2, 0.25) is 0 Å². The van der Waals surface area contributed by atoms with Crippen molar-refractivity contribution in [3.63, 3.8) is 0 Å². The topological polar surface area (TPSA) is 65.7 Å². The first-order valence-electron chi connectivity index (χ1n) is 5.12. The minimum atomic E-state index is 0.705. The molecular weight excluding hydrogens is 200 g/mol. The van der Waals surface area contributed by atoms with Gasteiger partial charge in [-0.2, -0.15) is 0 Å². The first-order valence-corrected chi connectivity index (χ1v) is 5.12. The molecule has 0 bridgehead atoms. The third-order valence-corrected chi connectivity index (χ3v) is 2.61. The fourth-order valence-electron chi connectivity index (χ4n) is 1.75. The molecule has 0 heterocycles. The molecule has 0 aliphatic carbocycles. The summed E-state index contributed by atoms with van der Waals surface area (Å²) in [6.07, 6.45) is 0. The Balaban J connectivity index is 2.44. The molecule has 0 radical (unpaired) electrons. The molecule has 0 spiro atoms. The van der Waals surface area contributed by atoms with Crippen molar-refractivity contribution < 1.29 is 5.48 Å². The molecule has 2 aromatic carbocycles. The SMILES string of the molecule is Cc1cc([NH2+][O-])ccc1-c1ccc(N)cc1. The fraction of sp³-hybridized carbons (Fsp3) is 0.0769. The third kappa shape index (κ3) is 2.05. The lowest BCUT2D eigenvalue weighted by molar-refractivity contribution is -0.497. The van der Waals surface area contributed by atoms with Crippen molar-refractivity contribution >= 4 is 11.4 Å². The summed E-state index contributed by atoms with van der Waals surface area (Å²) < 4.78 is 0. The lowest BCUT2D eigenvalue weighted by Gasteiger charge is -2.08. The van der Waals surface area contributed by atoms with Gasteiger partial charge in [-0.25, -0.2) is 0 Å². The van der Waals surface area contributed by atoms with Gasteiger partial charge in [0, 0.05) is 11.8 Å². The molecule has 0 atom stereocenters. The highest BCUT2D eigenvalue weighted by Gasteiger charge is 2.03. The van der Waals surface area contributed by atoms with Crippen molar-refractivity contribution in [3.05, 3.63) is 53.2 Å². The highest BCUT2D eigenvalue weighted by atomic mass is 16.5. The molecule has 0 aliphatic heterocycles. The van der Waals surface area contributed by atoms with Gasteiger partial charge in [-0.05, 0) is 47.9 Å². The minimum absolute atomic E-state index is 0.705. The van der Waals surface area contributed by atoms with E-state index in [1.54, 1.807) is 0 Å². The number of nitrogen functional groups attached to an aromatic ring is 1. The Bertz CT molecular complexity index is 492. The van der Waals surface area contributed by atoms with Crippen LogP contribution in [-0.2, 0) is 0 Å². The standard InChI is InChI=1S/C13H14N2O/c1-9-8-12(15-16)6-7-13(9)10-2-4-11(14)5-3-10/h2-8H,14-15H2,1H3. The summed E-state index contributed by atoms with van der Waals surface area (Å²) in [6.45, 7) is 2.00. The zero-order chi connectivity index (χ0) is 11.5. The van der Waals surface area contributed by atoms with Crippen LogP contribution in [0.3, 0.4) is 0 Å². The number of hydrogen-bond acceptors (Lipinski definition) is 2. The van der Waals surface area contributed by atoms with Gasteiger partial charge in [0.2, 0.25) is 0 Å². The molecule has 0 aliphatic rings. The molecule has 0 saturated heterocycles. The Morgan fingerprint density at radius 2 is 1.75 bits per heavy atom. The summed E-state index contributed by atoms with van der Waals surface area (Å²) in [4.78, 5) is 0. The van der Waals surface area contributed by atoms with Gasteiger partial charge in [-0.3, -0.25) is 0 Å². The maximum absolute atomic E-state index is 10.6. The fourth-order valence-corrected chi connectivity index (χ4v) is 1.75. The van der Waals surface area contributed by atoms with Crippen molar-refractivity contribution in [1.29, 1.82) is 0 Å². The summed E-state index contributed by atoms with van der Waals surface area (Å²) >= 11 is 0. The Kier molecular flexibility index (Phi) is 2.90. The molecule has 0 unspecified atom stereocenters. The molecule has 82 valence electrons. The summed E-state index contributed by atoms with van der Waals surface area (Å²) in [7, 11) is 0. The second-order valence-corrected chi connectivity index (χ2v) is 3.81. The van der Waals surface area contributed by atoms with Gasteiger partial charge in [0.1, 0.15) is 5.69 Å². The number of benzene rings is 2. The molecule has 0 aromatic heterocycles. The average molecular weight is 214 g/mol. The number of hydrogen-bond donors (Lipinski definition) is 2. The van der Waals surface area contributed by atoms with Crippen molar-refractivity contribution in [2.45, 2.75) is 6.92 Å². The largest absolute Gasteiger partial charge is 0.630 e. The summed E-state index contributed by atoms with van der Waals surface area (Å²) in [5.74, 6) is 0. The first-order chi connectivity index (χ1) is 7.70. The average Bonchev–Trinajstić information content (AvgIpc) is 2.30. The highest BCUT2D eigenvalue weighted by molar-refractivity contribution is 5.70. The van der Waals surface area contributed by atoms with Gasteiger partial charge in [-0.15, -0.1) is 0 Å². The molecule has 0 saturated carbocycles. The molecule has 0 amide bonds. The summed E-state index contributed by atoms with van der Waals surface area (Å²) in [5.41, 5.74) is 11.3. The van der Waals surface area contributed by atoms with Crippen molar-refractivity contribution in [3.8, 4) is 11.1 Å². The molecule has 3 heteroatoms. The molecule has 2 aromatic rings. The van der Waals surface area contributed by atoms with Gasteiger partial charge >= 0.3 is 0 Å². The number of quaternary nitrogens is 1. The molecule has 3 nitrogen and oxygen atoms in total. The van der Waals surface area contributed by atoms with E-state index in [2.05, 4.69) is 0 Å². The number of nitrogens with two attached hydrogens (primary N) is 2. The Morgan fingerprint density at radius 3 is 2.31 bits per heavy atom. The zero-order valence-corrected chi connectivity index (χ0v) is 9.10. The van der Waals surface area contributed by atoms with Gasteiger partial charge in [-0.1, -0.05) is 12.1 Å². The van der Waals surface area contributed by atoms with Crippen LogP contribution in [0.5, 0.6) is 0 Å². The lowest BCUT2D eigenvalue weighted by Crippen LogP contribution is -2.70. The van der Waals surface area contributed by atoms with Crippen LogP contribution in [0, 0.1) is 12.1 Å². The van der Waals surface area contributed by atoms with Gasteiger partial charge < -0.3 is 16.4 Å². The predicted molar refractivity (Wildman–Crippen MR) is 66.0 cm³/mol. The van der Waals surface area contributed by atoms with Crippen LogP contribution in [0.15, 0.2) is 42.5 Å². The van der Waals surface area contributed by atoms with Gasteiger partial charge in [0.05, 0.1) is 0 Å². The highest BCUT2D eigenvalue weighted by Crippen LogP contribution is 2.25. The van der Waals surface area contributed by atoms with E-state index in [9.17, 15) is 5.21 Å². The van der Waals surface area contributed by atoms with Crippen LogP contribution in [-0.4, -0.2) is 0 Å². The predicted octanol–water partition coefficient (Wildman–Crippen LogP) is 1.94. The summed E-state index contributed by atoms with van der Waals surface area (Å²) in [5, 5.41) is 10.6. The van der Waals surface area contributed by atoms with Crippen molar-refractivity contribution in [2.24, 2.45) is 0 Å². The summed E-state index contributed by atoms with van der Waals surface area (Å²) in [6, 6.07) is 13.4. The van der Waals surface area contributed by atoms with Crippen molar-refractivity contribution in [2.75, 3.05) is 5.73 Å². The van der Waals surface area contributed by atoms with Crippen LogP contribution >= 0.6 is 0 Å². The molecule has 4 N–H and O–H groups in total. The number of anilines is 1. The van der Waals surface area contributed by atoms with Crippen molar-refractivity contribution in [1.82, 2.24) is 0 Å².